The van der Waals surface area contributed by atoms with Gasteiger partial charge in [0.1, 0.15) is 11.3 Å². The van der Waals surface area contributed by atoms with Crippen molar-refractivity contribution in [2.45, 2.75) is 45.4 Å². The van der Waals surface area contributed by atoms with E-state index in [0.717, 1.165) is 12.1 Å². The van der Waals surface area contributed by atoms with Crippen molar-refractivity contribution < 1.29 is 32.3 Å². The summed E-state index contributed by atoms with van der Waals surface area (Å²) < 4.78 is 44.1. The van der Waals surface area contributed by atoms with E-state index in [1.165, 1.54) is 11.0 Å². The monoisotopic (exact) mass is 416 g/mol. The van der Waals surface area contributed by atoms with Gasteiger partial charge in [0.25, 0.3) is 5.91 Å². The van der Waals surface area contributed by atoms with Gasteiger partial charge in [0.15, 0.2) is 5.82 Å². The first-order valence-corrected chi connectivity index (χ1v) is 8.98. The highest BCUT2D eigenvalue weighted by Gasteiger charge is 2.36. The maximum Gasteiger partial charge on any atom is 0.433 e. The lowest BCUT2D eigenvalue weighted by Gasteiger charge is -2.35. The van der Waals surface area contributed by atoms with E-state index in [9.17, 15) is 27.6 Å². The van der Waals surface area contributed by atoms with Gasteiger partial charge < -0.3 is 9.64 Å². The molecule has 1 aromatic rings. The number of anilines is 1. The molecule has 2 rings (SSSR count). The van der Waals surface area contributed by atoms with Gasteiger partial charge in [-0.1, -0.05) is 6.07 Å². The van der Waals surface area contributed by atoms with Gasteiger partial charge in [-0.15, -0.1) is 0 Å². The lowest BCUT2D eigenvalue weighted by molar-refractivity contribution is -0.141. The van der Waals surface area contributed by atoms with Gasteiger partial charge in [-0.05, 0) is 45.7 Å². The topological polar surface area (TPSA) is 91.8 Å². The van der Waals surface area contributed by atoms with Crippen LogP contribution in [0.15, 0.2) is 18.2 Å². The Balaban J connectivity index is 2.20. The molecule has 1 unspecified atom stereocenters. The fourth-order valence-corrected chi connectivity index (χ4v) is 2.85. The van der Waals surface area contributed by atoms with Gasteiger partial charge in [-0.25, -0.2) is 14.8 Å². The summed E-state index contributed by atoms with van der Waals surface area (Å²) in [6, 6.07) is 3.03. The molecule has 1 aliphatic rings. The Kier molecular flexibility index (Phi) is 6.70. The fourth-order valence-electron chi connectivity index (χ4n) is 2.85. The largest absolute Gasteiger partial charge is 0.444 e. The molecule has 0 saturated carbocycles. The molecule has 2 heterocycles. The van der Waals surface area contributed by atoms with E-state index in [0.29, 0.717) is 24.4 Å². The van der Waals surface area contributed by atoms with Gasteiger partial charge in [0.2, 0.25) is 6.41 Å². The van der Waals surface area contributed by atoms with Crippen molar-refractivity contribution in [3.05, 3.63) is 23.9 Å². The molecule has 1 aromatic heterocycles. The second-order valence-corrected chi connectivity index (χ2v) is 7.56. The predicted molar refractivity (Wildman–Crippen MR) is 96.5 cm³/mol. The number of nitrogens with zero attached hydrogens (tertiary/aromatic N) is 3. The van der Waals surface area contributed by atoms with E-state index in [1.54, 1.807) is 20.8 Å². The summed E-state index contributed by atoms with van der Waals surface area (Å²) >= 11 is 0. The number of amides is 3. The van der Waals surface area contributed by atoms with Gasteiger partial charge in [0.05, 0.1) is 5.92 Å². The van der Waals surface area contributed by atoms with Crippen LogP contribution in [0.4, 0.5) is 23.8 Å². The maximum absolute atomic E-state index is 12.9. The first-order valence-electron chi connectivity index (χ1n) is 8.98. The van der Waals surface area contributed by atoms with E-state index in [2.05, 4.69) is 10.4 Å². The standard InChI is InChI=1S/C18H23F3N4O4/c1-17(2,3)29-16(28)24-9-5-6-12(10-24)15(27)25(22-11-26)14-8-4-7-13(23-14)18(19,20)21/h4,7-8,11-12H,5-6,9-10H2,1-3H3,(H,22,26). The number of pyridine rings is 1. The average molecular weight is 416 g/mol. The molecule has 0 bridgehead atoms. The van der Waals surface area contributed by atoms with Crippen molar-refractivity contribution in [2.24, 2.45) is 5.92 Å². The highest BCUT2D eigenvalue weighted by atomic mass is 19.4. The number of nitrogens with one attached hydrogen (secondary N) is 1. The third-order valence-corrected chi connectivity index (χ3v) is 4.08. The molecule has 29 heavy (non-hydrogen) atoms. The highest BCUT2D eigenvalue weighted by Crippen LogP contribution is 2.29. The number of hydrogen-bond donors (Lipinski definition) is 1. The number of likely N-dealkylation sites (tertiary alicyclic amines) is 1. The summed E-state index contributed by atoms with van der Waals surface area (Å²) in [5.74, 6) is -1.77. The molecular formula is C18H23F3N4O4. The van der Waals surface area contributed by atoms with Crippen LogP contribution in [-0.2, 0) is 20.5 Å². The lowest BCUT2D eigenvalue weighted by atomic mass is 9.97. The van der Waals surface area contributed by atoms with Crippen molar-refractivity contribution in [1.29, 1.82) is 0 Å². The first-order chi connectivity index (χ1) is 13.4. The zero-order chi connectivity index (χ0) is 21.8. The second kappa shape index (κ2) is 8.66. The molecule has 3 amide bonds. The highest BCUT2D eigenvalue weighted by molar-refractivity contribution is 5.95. The van der Waals surface area contributed by atoms with Crippen LogP contribution in [0, 0.1) is 5.92 Å². The zero-order valence-electron chi connectivity index (χ0n) is 16.3. The van der Waals surface area contributed by atoms with E-state index >= 15 is 0 Å². The van der Waals surface area contributed by atoms with E-state index < -0.39 is 35.4 Å². The molecule has 8 nitrogen and oxygen atoms in total. The number of halogens is 3. The number of hydrazine groups is 1. The van der Waals surface area contributed by atoms with Crippen molar-refractivity contribution >= 4 is 24.2 Å². The van der Waals surface area contributed by atoms with Crippen molar-refractivity contribution in [3.8, 4) is 0 Å². The van der Waals surface area contributed by atoms with Crippen molar-refractivity contribution in [1.82, 2.24) is 15.3 Å². The Morgan fingerprint density at radius 1 is 1.31 bits per heavy atom. The minimum absolute atomic E-state index is 0.0176. The molecule has 1 saturated heterocycles. The minimum Gasteiger partial charge on any atom is -0.444 e. The Labute approximate surface area is 166 Å². The SMILES string of the molecule is CC(C)(C)OC(=O)N1CCCC(C(=O)N(NC=O)c2cccc(C(F)(F)F)n2)C1. The maximum atomic E-state index is 12.9. The molecule has 11 heteroatoms. The molecule has 160 valence electrons. The number of carbonyl (C=O) groups excluding carboxylic acids is 3. The number of carbonyl (C=O) groups is 3. The predicted octanol–water partition coefficient (Wildman–Crippen LogP) is 2.74. The van der Waals surface area contributed by atoms with Crippen LogP contribution < -0.4 is 10.4 Å². The van der Waals surface area contributed by atoms with Gasteiger partial charge >= 0.3 is 12.3 Å². The summed E-state index contributed by atoms with van der Waals surface area (Å²) in [5, 5.41) is 0.672. The quantitative estimate of drug-likeness (QED) is 0.602. The molecular weight excluding hydrogens is 393 g/mol. The summed E-state index contributed by atoms with van der Waals surface area (Å²) in [6.45, 7) is 5.55. The summed E-state index contributed by atoms with van der Waals surface area (Å²) in [5.41, 5.74) is 0.194. The molecule has 0 spiro atoms. The summed E-state index contributed by atoms with van der Waals surface area (Å²) in [4.78, 5) is 40.9. The molecule has 0 radical (unpaired) electrons. The zero-order valence-corrected chi connectivity index (χ0v) is 16.3. The van der Waals surface area contributed by atoms with Crippen LogP contribution in [0.3, 0.4) is 0 Å². The van der Waals surface area contributed by atoms with E-state index in [-0.39, 0.29) is 18.8 Å². The number of piperidine rings is 1. The van der Waals surface area contributed by atoms with Crippen molar-refractivity contribution in [2.75, 3.05) is 18.1 Å². The van der Waals surface area contributed by atoms with Crippen LogP contribution in [0.2, 0.25) is 0 Å². The number of aromatic nitrogens is 1. The Morgan fingerprint density at radius 3 is 2.59 bits per heavy atom. The van der Waals surface area contributed by atoms with Crippen LogP contribution in [0.1, 0.15) is 39.3 Å². The second-order valence-electron chi connectivity index (χ2n) is 7.56. The normalized spacial score (nSPS) is 17.4. The summed E-state index contributed by atoms with van der Waals surface area (Å²) in [7, 11) is 0. The Hall–Kier alpha value is -2.85. The lowest BCUT2D eigenvalue weighted by Crippen LogP contribution is -2.51. The van der Waals surface area contributed by atoms with Gasteiger partial charge in [-0.3, -0.25) is 15.0 Å². The van der Waals surface area contributed by atoms with Crippen LogP contribution in [0.5, 0.6) is 0 Å². The van der Waals surface area contributed by atoms with Crippen LogP contribution >= 0.6 is 0 Å². The average Bonchev–Trinajstić information content (AvgIpc) is 2.64. The number of rotatable bonds is 4. The van der Waals surface area contributed by atoms with Crippen LogP contribution in [0.25, 0.3) is 0 Å². The Morgan fingerprint density at radius 2 is 2.00 bits per heavy atom. The fraction of sp³-hybridized carbons (Fsp3) is 0.556. The smallest absolute Gasteiger partial charge is 0.433 e. The van der Waals surface area contributed by atoms with E-state index in [4.69, 9.17) is 4.74 Å². The number of hydrogen-bond acceptors (Lipinski definition) is 5. The molecule has 1 N–H and O–H groups in total. The molecule has 1 atom stereocenters. The van der Waals surface area contributed by atoms with E-state index in [1.807, 2.05) is 0 Å². The minimum atomic E-state index is -4.70. The van der Waals surface area contributed by atoms with Crippen molar-refractivity contribution in [3.63, 3.8) is 0 Å². The molecule has 0 aliphatic carbocycles. The van der Waals surface area contributed by atoms with Gasteiger partial charge in [-0.2, -0.15) is 13.2 Å². The first kappa shape index (κ1) is 22.4. The van der Waals surface area contributed by atoms with Crippen LogP contribution in [-0.4, -0.2) is 47.0 Å². The number of alkyl halides is 3. The third-order valence-electron chi connectivity index (χ3n) is 4.08. The molecule has 1 aliphatic heterocycles. The van der Waals surface area contributed by atoms with Gasteiger partial charge in [0, 0.05) is 13.1 Å². The third kappa shape index (κ3) is 6.06. The number of ether oxygens (including phenoxy) is 1. The summed E-state index contributed by atoms with van der Waals surface area (Å²) in [6.07, 6.45) is -4.21. The Bertz CT molecular complexity index is 764. The molecule has 0 aromatic carbocycles. The molecule has 1 fully saturated rings.